The number of hydrogen-bond acceptors (Lipinski definition) is 0. The lowest BCUT2D eigenvalue weighted by Gasteiger charge is -2.04. The molecule has 0 rings (SSSR count). The van der Waals surface area contributed by atoms with Crippen LogP contribution in [0.25, 0.3) is 0 Å². The van der Waals surface area contributed by atoms with E-state index in [9.17, 15) is 0 Å². The van der Waals surface area contributed by atoms with Crippen molar-refractivity contribution in [2.24, 2.45) is 0 Å². The minimum atomic E-state index is -0.262. The predicted molar refractivity (Wildman–Crippen MR) is 44.5 cm³/mol. The molecule has 2 unspecified atom stereocenters. The molecule has 0 saturated heterocycles. The van der Waals surface area contributed by atoms with E-state index < -0.39 is 0 Å². The van der Waals surface area contributed by atoms with Gasteiger partial charge in [-0.05, 0) is 0 Å². The highest BCUT2D eigenvalue weighted by Gasteiger charge is 2.07. The summed E-state index contributed by atoms with van der Waals surface area (Å²) in [7, 11) is 0. The van der Waals surface area contributed by atoms with E-state index in [2.05, 4.69) is 6.58 Å². The largest absolute Gasteiger partial charge is 0.117 e. The summed E-state index contributed by atoms with van der Waals surface area (Å²) in [6, 6.07) is 0. The third kappa shape index (κ3) is 3.85. The van der Waals surface area contributed by atoms with Crippen molar-refractivity contribution in [3.8, 4) is 0 Å². The van der Waals surface area contributed by atoms with Crippen molar-refractivity contribution in [1.82, 2.24) is 0 Å². The fourth-order valence-electron chi connectivity index (χ4n) is 0.306. The first kappa shape index (κ1) is 9.35. The zero-order valence-corrected chi connectivity index (χ0v) is 7.00. The molecule has 0 N–H and O–H groups in total. The molecule has 9 heavy (non-hydrogen) atoms. The van der Waals surface area contributed by atoms with E-state index in [1.165, 1.54) is 5.54 Å². The van der Waals surface area contributed by atoms with Gasteiger partial charge >= 0.3 is 0 Å². The van der Waals surface area contributed by atoms with Crippen LogP contribution in [0.1, 0.15) is 0 Å². The Labute approximate surface area is 70.1 Å². The van der Waals surface area contributed by atoms with Crippen molar-refractivity contribution in [2.75, 3.05) is 0 Å². The lowest BCUT2D eigenvalue weighted by Crippen LogP contribution is -2.07. The standard InChI is InChI=1S/C6H7Cl3/c1-2-5(8)6(9)3-4-7/h2-6H,1H2. The zero-order chi connectivity index (χ0) is 7.28. The summed E-state index contributed by atoms with van der Waals surface area (Å²) in [6.07, 6.45) is 3.17. The van der Waals surface area contributed by atoms with E-state index in [0.29, 0.717) is 0 Å². The van der Waals surface area contributed by atoms with Gasteiger partial charge in [-0.25, -0.2) is 0 Å². The molecule has 0 aliphatic heterocycles. The summed E-state index contributed by atoms with van der Waals surface area (Å²) < 4.78 is 0. The second-order valence-corrected chi connectivity index (χ2v) is 2.70. The van der Waals surface area contributed by atoms with E-state index in [1.54, 1.807) is 12.2 Å². The normalized spacial score (nSPS) is 17.7. The molecule has 0 aliphatic rings. The fraction of sp³-hybridized carbons (Fsp3) is 0.333. The van der Waals surface area contributed by atoms with Gasteiger partial charge in [0.2, 0.25) is 0 Å². The number of allylic oxidation sites excluding steroid dienone is 2. The SMILES string of the molecule is C=CC(Cl)C(Cl)C=CCl. The number of alkyl halides is 2. The van der Waals surface area contributed by atoms with Gasteiger partial charge in [0.05, 0.1) is 10.8 Å². The Morgan fingerprint density at radius 3 is 2.11 bits per heavy atom. The second kappa shape index (κ2) is 5.16. The molecule has 0 aromatic carbocycles. The Morgan fingerprint density at radius 1 is 1.22 bits per heavy atom. The van der Waals surface area contributed by atoms with Crippen molar-refractivity contribution in [2.45, 2.75) is 10.8 Å². The molecule has 0 radical (unpaired) electrons. The summed E-state index contributed by atoms with van der Waals surface area (Å²) >= 11 is 16.5. The first-order valence-corrected chi connectivity index (χ1v) is 3.71. The topological polar surface area (TPSA) is 0 Å². The molecule has 0 aromatic heterocycles. The molecule has 0 saturated carbocycles. The van der Waals surface area contributed by atoms with Gasteiger partial charge in [0, 0.05) is 5.54 Å². The molecule has 0 fully saturated rings. The average molecular weight is 185 g/mol. The Balaban J connectivity index is 3.71. The summed E-state index contributed by atoms with van der Waals surface area (Å²) in [6.45, 7) is 3.47. The quantitative estimate of drug-likeness (QED) is 0.468. The molecule has 0 spiro atoms. The molecule has 0 bridgehead atoms. The molecular formula is C6H7Cl3. The van der Waals surface area contributed by atoms with Gasteiger partial charge in [-0.15, -0.1) is 29.8 Å². The average Bonchev–Trinajstić information content (AvgIpc) is 1.87. The number of hydrogen-bond donors (Lipinski definition) is 0. The highest BCUT2D eigenvalue weighted by atomic mass is 35.5. The van der Waals surface area contributed by atoms with Crippen molar-refractivity contribution >= 4 is 34.8 Å². The molecule has 0 heterocycles. The van der Waals surface area contributed by atoms with E-state index in [4.69, 9.17) is 34.8 Å². The van der Waals surface area contributed by atoms with Crippen LogP contribution in [0, 0.1) is 0 Å². The van der Waals surface area contributed by atoms with E-state index in [0.717, 1.165) is 0 Å². The van der Waals surface area contributed by atoms with Crippen LogP contribution in [0.2, 0.25) is 0 Å². The van der Waals surface area contributed by atoms with Crippen LogP contribution >= 0.6 is 34.8 Å². The summed E-state index contributed by atoms with van der Waals surface area (Å²) in [5.74, 6) is 0. The summed E-state index contributed by atoms with van der Waals surface area (Å²) in [5, 5.41) is -0.511. The van der Waals surface area contributed by atoms with Crippen LogP contribution in [0.3, 0.4) is 0 Å². The van der Waals surface area contributed by atoms with Gasteiger partial charge in [0.1, 0.15) is 0 Å². The third-order valence-corrected chi connectivity index (χ3v) is 1.93. The van der Waals surface area contributed by atoms with Crippen LogP contribution in [0.15, 0.2) is 24.3 Å². The summed E-state index contributed by atoms with van der Waals surface area (Å²) in [5.41, 5.74) is 1.34. The van der Waals surface area contributed by atoms with Gasteiger partial charge in [-0.1, -0.05) is 23.8 Å². The lowest BCUT2D eigenvalue weighted by molar-refractivity contribution is 1.07. The Hall–Kier alpha value is 0.350. The van der Waals surface area contributed by atoms with Crippen LogP contribution in [0.4, 0.5) is 0 Å². The maximum Gasteiger partial charge on any atom is 0.0726 e. The smallest absolute Gasteiger partial charge is 0.0726 e. The van der Waals surface area contributed by atoms with Gasteiger partial charge in [-0.2, -0.15) is 0 Å². The minimum Gasteiger partial charge on any atom is -0.117 e. The molecule has 3 heteroatoms. The first-order valence-electron chi connectivity index (χ1n) is 2.40. The lowest BCUT2D eigenvalue weighted by atomic mass is 10.3. The Morgan fingerprint density at radius 2 is 1.78 bits per heavy atom. The van der Waals surface area contributed by atoms with Gasteiger partial charge in [0.15, 0.2) is 0 Å². The van der Waals surface area contributed by atoms with Gasteiger partial charge in [-0.3, -0.25) is 0 Å². The van der Waals surface area contributed by atoms with Crippen LogP contribution < -0.4 is 0 Å². The van der Waals surface area contributed by atoms with Crippen LogP contribution in [-0.2, 0) is 0 Å². The minimum absolute atomic E-state index is 0.248. The fourth-order valence-corrected chi connectivity index (χ4v) is 0.796. The number of halogens is 3. The highest BCUT2D eigenvalue weighted by molar-refractivity contribution is 6.32. The predicted octanol–water partition coefficient (Wildman–Crippen LogP) is 3.14. The van der Waals surface area contributed by atoms with E-state index in [1.807, 2.05) is 0 Å². The zero-order valence-electron chi connectivity index (χ0n) is 4.73. The van der Waals surface area contributed by atoms with E-state index >= 15 is 0 Å². The van der Waals surface area contributed by atoms with Crippen molar-refractivity contribution in [1.29, 1.82) is 0 Å². The Kier molecular flexibility index (Phi) is 5.36. The molecule has 2 atom stereocenters. The van der Waals surface area contributed by atoms with Gasteiger partial charge < -0.3 is 0 Å². The molecule has 0 nitrogen and oxygen atoms in total. The molecule has 0 aromatic rings. The summed E-state index contributed by atoms with van der Waals surface area (Å²) in [4.78, 5) is 0. The van der Waals surface area contributed by atoms with Crippen molar-refractivity contribution in [3.05, 3.63) is 24.3 Å². The first-order chi connectivity index (χ1) is 4.22. The third-order valence-electron chi connectivity index (χ3n) is 0.786. The Bertz CT molecular complexity index is 109. The van der Waals surface area contributed by atoms with Gasteiger partial charge in [0.25, 0.3) is 0 Å². The monoisotopic (exact) mass is 184 g/mol. The van der Waals surface area contributed by atoms with E-state index in [-0.39, 0.29) is 10.8 Å². The molecule has 0 amide bonds. The van der Waals surface area contributed by atoms with Crippen LogP contribution in [-0.4, -0.2) is 10.8 Å². The maximum atomic E-state index is 5.66. The molecule has 52 valence electrons. The second-order valence-electron chi connectivity index (χ2n) is 1.44. The number of rotatable bonds is 3. The van der Waals surface area contributed by atoms with Crippen molar-refractivity contribution < 1.29 is 0 Å². The van der Waals surface area contributed by atoms with Crippen LogP contribution in [0.5, 0.6) is 0 Å². The molecule has 0 aliphatic carbocycles. The molecular weight excluding hydrogens is 178 g/mol. The maximum absolute atomic E-state index is 5.66. The highest BCUT2D eigenvalue weighted by Crippen LogP contribution is 2.12. The van der Waals surface area contributed by atoms with Crippen molar-refractivity contribution in [3.63, 3.8) is 0 Å².